The summed E-state index contributed by atoms with van der Waals surface area (Å²) in [5.41, 5.74) is 4.15. The molecule has 1 amide bonds. The van der Waals surface area contributed by atoms with Crippen LogP contribution in [-0.2, 0) is 9.53 Å². The topological polar surface area (TPSA) is 63.5 Å². The number of anilines is 1. The monoisotopic (exact) mass is 467 g/mol. The number of hydrogen-bond donors (Lipinski definition) is 0. The van der Waals surface area contributed by atoms with Crippen molar-refractivity contribution >= 4 is 23.1 Å². The molecule has 0 N–H and O–H groups in total. The third-order valence-electron chi connectivity index (χ3n) is 4.57. The fourth-order valence-corrected chi connectivity index (χ4v) is 2.84. The molecule has 0 fully saturated rings. The Balaban J connectivity index is 0.00000258. The molecule has 186 valence electrons. The summed E-state index contributed by atoms with van der Waals surface area (Å²) in [6, 6.07) is 3.86. The van der Waals surface area contributed by atoms with Crippen LogP contribution in [0.4, 0.5) is 5.69 Å². The normalized spacial score (nSPS) is 14.1. The van der Waals surface area contributed by atoms with Gasteiger partial charge in [-0.3, -0.25) is 9.79 Å². The van der Waals surface area contributed by atoms with E-state index in [1.165, 1.54) is 4.90 Å². The smallest absolute Gasteiger partial charge is 0.308 e. The summed E-state index contributed by atoms with van der Waals surface area (Å²) < 4.78 is 11.1. The molecule has 0 unspecified atom stereocenters. The van der Waals surface area contributed by atoms with Crippen molar-refractivity contribution in [1.82, 2.24) is 0 Å². The van der Waals surface area contributed by atoms with Gasteiger partial charge in [0.2, 0.25) is 0 Å². The summed E-state index contributed by atoms with van der Waals surface area (Å²) in [4.78, 5) is 23.5. The Morgan fingerprint density at radius 2 is 1.76 bits per heavy atom. The van der Waals surface area contributed by atoms with E-state index in [4.69, 9.17) is 9.47 Å². The summed E-state index contributed by atoms with van der Waals surface area (Å²) in [5.74, 6) is 6.24. The van der Waals surface area contributed by atoms with Gasteiger partial charge in [-0.05, 0) is 62.1 Å². The van der Waals surface area contributed by atoms with Gasteiger partial charge in [0.05, 0.1) is 23.7 Å². The lowest BCUT2D eigenvalue weighted by molar-refractivity contribution is -0.112. The van der Waals surface area contributed by atoms with Crippen molar-refractivity contribution in [2.24, 2.45) is 9.98 Å². The summed E-state index contributed by atoms with van der Waals surface area (Å²) >= 11 is 0. The number of ether oxygens (including phenoxy) is 2. The minimum atomic E-state index is -0.368. The SMILES string of the molecule is C/C=C1/N=C(N(C(=O)C#CCC)c2cc(C)c(C)cc2OCCOC)C=CC1=NC.CC.CC. The molecule has 1 aromatic rings. The van der Waals surface area contributed by atoms with Crippen LogP contribution in [0.15, 0.2) is 46.0 Å². The van der Waals surface area contributed by atoms with Gasteiger partial charge in [0.15, 0.2) is 0 Å². The highest BCUT2D eigenvalue weighted by Crippen LogP contribution is 2.33. The lowest BCUT2D eigenvalue weighted by Gasteiger charge is -2.26. The Morgan fingerprint density at radius 3 is 2.32 bits per heavy atom. The number of aliphatic imine (C=N–C) groups is 2. The molecule has 0 saturated carbocycles. The molecule has 0 radical (unpaired) electrons. The van der Waals surface area contributed by atoms with Gasteiger partial charge in [-0.25, -0.2) is 9.89 Å². The van der Waals surface area contributed by atoms with Crippen molar-refractivity contribution < 1.29 is 14.3 Å². The molecule has 1 aliphatic rings. The van der Waals surface area contributed by atoms with E-state index < -0.39 is 0 Å². The summed E-state index contributed by atoms with van der Waals surface area (Å²) in [6.07, 6.45) is 6.06. The van der Waals surface area contributed by atoms with E-state index in [2.05, 4.69) is 21.8 Å². The van der Waals surface area contributed by atoms with E-state index in [1.54, 1.807) is 20.2 Å². The number of dihydropyridines is 1. The number of aryl methyl sites for hydroxylation is 2. The third-order valence-corrected chi connectivity index (χ3v) is 4.57. The molecule has 34 heavy (non-hydrogen) atoms. The zero-order chi connectivity index (χ0) is 26.1. The molecule has 1 heterocycles. The Bertz CT molecular complexity index is 977. The lowest BCUT2D eigenvalue weighted by atomic mass is 10.1. The van der Waals surface area contributed by atoms with Crippen molar-refractivity contribution in [3.63, 3.8) is 0 Å². The average Bonchev–Trinajstić information content (AvgIpc) is 2.87. The molecular formula is C28H41N3O3. The number of methoxy groups -OCH3 is 1. The predicted molar refractivity (Wildman–Crippen MR) is 145 cm³/mol. The number of amidine groups is 1. The Morgan fingerprint density at radius 1 is 1.12 bits per heavy atom. The standard InChI is InChI=1S/C24H29N3O3.2C2H6/c1-7-9-10-24(28)27(23-12-11-20(25-5)19(8-2)26-23)21-15-17(3)18(4)16-22(21)30-14-13-29-6;2*1-2/h8,11-12,15-16H,7,13-14H2,1-6H3;2*1-2H3/b19-8+,25-20?;;. The first kappa shape index (κ1) is 30.8. The number of nitrogens with zero attached hydrogens (tertiary/aromatic N) is 3. The minimum Gasteiger partial charge on any atom is -0.489 e. The zero-order valence-electron chi connectivity index (χ0n) is 22.6. The Kier molecular flexibility index (Phi) is 15.7. The fourth-order valence-electron chi connectivity index (χ4n) is 2.84. The molecule has 0 atom stereocenters. The van der Waals surface area contributed by atoms with Crippen molar-refractivity contribution in [1.29, 1.82) is 0 Å². The van der Waals surface area contributed by atoms with Gasteiger partial charge in [0.1, 0.15) is 18.2 Å². The minimum absolute atomic E-state index is 0.365. The van der Waals surface area contributed by atoms with Gasteiger partial charge in [0, 0.05) is 20.6 Å². The van der Waals surface area contributed by atoms with Crippen LogP contribution in [0, 0.1) is 25.7 Å². The summed E-state index contributed by atoms with van der Waals surface area (Å²) in [5, 5.41) is 0. The molecule has 0 bridgehead atoms. The molecule has 6 heteroatoms. The number of amides is 1. The molecule has 0 aliphatic carbocycles. The molecule has 1 aromatic carbocycles. The maximum absolute atomic E-state index is 13.1. The molecule has 0 aromatic heterocycles. The second-order valence-corrected chi connectivity index (χ2v) is 6.63. The van der Waals surface area contributed by atoms with Crippen LogP contribution in [0.3, 0.4) is 0 Å². The van der Waals surface area contributed by atoms with Crippen LogP contribution < -0.4 is 9.64 Å². The first-order chi connectivity index (χ1) is 16.5. The zero-order valence-corrected chi connectivity index (χ0v) is 22.6. The maximum Gasteiger partial charge on any atom is 0.308 e. The number of benzene rings is 1. The largest absolute Gasteiger partial charge is 0.489 e. The van der Waals surface area contributed by atoms with Gasteiger partial charge in [-0.15, -0.1) is 0 Å². The number of allylic oxidation sites excluding steroid dienone is 2. The second kappa shape index (κ2) is 17.3. The molecule has 0 spiro atoms. The summed E-state index contributed by atoms with van der Waals surface area (Å²) in [6.45, 7) is 16.6. The van der Waals surface area contributed by atoms with E-state index in [1.807, 2.05) is 79.7 Å². The highest BCUT2D eigenvalue weighted by Gasteiger charge is 2.25. The lowest BCUT2D eigenvalue weighted by Crippen LogP contribution is -2.37. The predicted octanol–water partition coefficient (Wildman–Crippen LogP) is 6.07. The van der Waals surface area contributed by atoms with Crippen molar-refractivity contribution in [2.45, 2.75) is 61.8 Å². The second-order valence-electron chi connectivity index (χ2n) is 6.63. The molecular weight excluding hydrogens is 426 g/mol. The Labute approximate surface area is 206 Å². The molecule has 6 nitrogen and oxygen atoms in total. The highest BCUT2D eigenvalue weighted by atomic mass is 16.5. The van der Waals surface area contributed by atoms with Crippen LogP contribution in [-0.4, -0.2) is 44.8 Å². The number of rotatable bonds is 5. The quantitative estimate of drug-likeness (QED) is 0.390. The summed E-state index contributed by atoms with van der Waals surface area (Å²) in [7, 11) is 3.33. The molecule has 0 saturated heterocycles. The van der Waals surface area contributed by atoms with E-state index in [0.717, 1.165) is 16.8 Å². The fraction of sp³-hybridized carbons (Fsp3) is 0.464. The third kappa shape index (κ3) is 8.64. The van der Waals surface area contributed by atoms with Gasteiger partial charge in [-0.2, -0.15) is 0 Å². The van der Waals surface area contributed by atoms with Crippen LogP contribution in [0.1, 0.15) is 59.1 Å². The van der Waals surface area contributed by atoms with Crippen molar-refractivity contribution in [3.05, 3.63) is 47.2 Å². The van der Waals surface area contributed by atoms with Crippen LogP contribution in [0.2, 0.25) is 0 Å². The number of carbonyl (C=O) groups excluding carboxylic acids is 1. The first-order valence-corrected chi connectivity index (χ1v) is 11.9. The van der Waals surface area contributed by atoms with Gasteiger partial charge in [0.25, 0.3) is 0 Å². The van der Waals surface area contributed by atoms with Crippen LogP contribution in [0.5, 0.6) is 5.75 Å². The molecule has 1 aliphatic heterocycles. The van der Waals surface area contributed by atoms with E-state index in [0.29, 0.717) is 42.6 Å². The van der Waals surface area contributed by atoms with E-state index in [-0.39, 0.29) is 5.91 Å². The van der Waals surface area contributed by atoms with Crippen molar-refractivity contribution in [2.75, 3.05) is 32.3 Å². The number of hydrogen-bond acceptors (Lipinski definition) is 5. The molecule has 2 rings (SSSR count). The first-order valence-electron chi connectivity index (χ1n) is 11.9. The number of carbonyl (C=O) groups is 1. The Hall–Kier alpha value is -3.17. The van der Waals surface area contributed by atoms with Crippen LogP contribution in [0.25, 0.3) is 0 Å². The highest BCUT2D eigenvalue weighted by molar-refractivity contribution is 6.30. The van der Waals surface area contributed by atoms with Gasteiger partial charge in [-0.1, -0.05) is 46.6 Å². The van der Waals surface area contributed by atoms with Crippen molar-refractivity contribution in [3.8, 4) is 17.6 Å². The van der Waals surface area contributed by atoms with Gasteiger partial charge < -0.3 is 9.47 Å². The van der Waals surface area contributed by atoms with Crippen LogP contribution >= 0.6 is 0 Å². The van der Waals surface area contributed by atoms with Gasteiger partial charge >= 0.3 is 5.91 Å². The van der Waals surface area contributed by atoms with E-state index in [9.17, 15) is 4.79 Å². The maximum atomic E-state index is 13.1. The average molecular weight is 468 g/mol. The van der Waals surface area contributed by atoms with E-state index >= 15 is 0 Å².